The molecule has 0 spiro atoms. The molecule has 0 bridgehead atoms. The minimum atomic E-state index is 0.784. The molecule has 1 N–H and O–H groups in total. The highest BCUT2D eigenvalue weighted by atomic mass is 15.1. The van der Waals surface area contributed by atoms with Gasteiger partial charge in [-0.2, -0.15) is 5.26 Å². The summed E-state index contributed by atoms with van der Waals surface area (Å²) in [6.45, 7) is 2.71. The van der Waals surface area contributed by atoms with Crippen LogP contribution >= 0.6 is 0 Å². The molecule has 2 rings (SSSR count). The summed E-state index contributed by atoms with van der Waals surface area (Å²) < 4.78 is 2.01. The number of hydrogen-bond acceptors (Lipinski definition) is 3. The monoisotopic (exact) mass is 242 g/mol. The second-order valence-electron chi connectivity index (χ2n) is 4.48. The van der Waals surface area contributed by atoms with E-state index in [0.717, 1.165) is 36.3 Å². The van der Waals surface area contributed by atoms with Gasteiger partial charge in [-0.05, 0) is 26.2 Å². The van der Waals surface area contributed by atoms with Crippen LogP contribution in [0.2, 0.25) is 0 Å². The molecule has 4 nitrogen and oxygen atoms in total. The first-order valence-electron chi connectivity index (χ1n) is 6.08. The summed E-state index contributed by atoms with van der Waals surface area (Å²) in [5.74, 6) is 0. The third-order valence-corrected chi connectivity index (χ3v) is 3.06. The van der Waals surface area contributed by atoms with E-state index >= 15 is 0 Å². The quantitative estimate of drug-likeness (QED) is 0.863. The Bertz CT molecular complexity index is 565. The van der Waals surface area contributed by atoms with Gasteiger partial charge in [0.05, 0.1) is 11.1 Å². The van der Waals surface area contributed by atoms with Crippen LogP contribution in [0.3, 0.4) is 0 Å². The fourth-order valence-corrected chi connectivity index (χ4v) is 2.10. The number of rotatable bonds is 5. The van der Waals surface area contributed by atoms with Gasteiger partial charge in [-0.3, -0.25) is 0 Å². The fourth-order valence-electron chi connectivity index (χ4n) is 2.10. The standard InChI is InChI=1S/C14H18N4/c1-16-6-8-17(2)10-12-11-18-7-4-3-5-14(18)13(12)9-15/h3-5,7,11,16H,6,8,10H2,1-2H3. The predicted molar refractivity (Wildman–Crippen MR) is 72.4 cm³/mol. The van der Waals surface area contributed by atoms with Crippen LogP contribution < -0.4 is 5.32 Å². The van der Waals surface area contributed by atoms with Gasteiger partial charge in [0, 0.05) is 37.6 Å². The van der Waals surface area contributed by atoms with Crippen molar-refractivity contribution in [1.82, 2.24) is 14.6 Å². The lowest BCUT2D eigenvalue weighted by Crippen LogP contribution is -2.27. The average Bonchev–Trinajstić information content (AvgIpc) is 2.73. The first-order chi connectivity index (χ1) is 8.76. The van der Waals surface area contributed by atoms with Crippen LogP contribution in [0.1, 0.15) is 11.1 Å². The first-order valence-corrected chi connectivity index (χ1v) is 6.08. The van der Waals surface area contributed by atoms with Gasteiger partial charge in [0.2, 0.25) is 0 Å². The van der Waals surface area contributed by atoms with E-state index in [1.54, 1.807) is 0 Å². The highest BCUT2D eigenvalue weighted by Crippen LogP contribution is 2.18. The molecule has 0 aliphatic heterocycles. The van der Waals surface area contributed by atoms with Crippen molar-refractivity contribution in [3.8, 4) is 6.07 Å². The lowest BCUT2D eigenvalue weighted by atomic mass is 10.1. The van der Waals surface area contributed by atoms with Gasteiger partial charge < -0.3 is 14.6 Å². The Morgan fingerprint density at radius 3 is 3.00 bits per heavy atom. The Morgan fingerprint density at radius 1 is 1.44 bits per heavy atom. The second kappa shape index (κ2) is 5.67. The molecular weight excluding hydrogens is 224 g/mol. The summed E-state index contributed by atoms with van der Waals surface area (Å²) in [5.41, 5.74) is 2.85. The third-order valence-electron chi connectivity index (χ3n) is 3.06. The first kappa shape index (κ1) is 12.6. The van der Waals surface area contributed by atoms with Crippen LogP contribution in [0.5, 0.6) is 0 Å². The normalized spacial score (nSPS) is 11.0. The molecule has 0 amide bonds. The van der Waals surface area contributed by atoms with Crippen LogP contribution in [0, 0.1) is 11.3 Å². The molecular formula is C14H18N4. The maximum absolute atomic E-state index is 9.30. The van der Waals surface area contributed by atoms with Crippen molar-refractivity contribution >= 4 is 5.52 Å². The summed E-state index contributed by atoms with van der Waals surface area (Å²) in [4.78, 5) is 2.21. The van der Waals surface area contributed by atoms with Gasteiger partial charge in [-0.1, -0.05) is 6.07 Å². The summed E-state index contributed by atoms with van der Waals surface area (Å²) in [6.07, 6.45) is 4.02. The molecule has 0 aliphatic carbocycles. The minimum absolute atomic E-state index is 0.784. The van der Waals surface area contributed by atoms with E-state index in [0.29, 0.717) is 0 Å². The van der Waals surface area contributed by atoms with Gasteiger partial charge in [0.15, 0.2) is 0 Å². The van der Waals surface area contributed by atoms with Crippen molar-refractivity contribution in [2.24, 2.45) is 0 Å². The Hall–Kier alpha value is -1.83. The van der Waals surface area contributed by atoms with Crippen molar-refractivity contribution in [2.75, 3.05) is 27.2 Å². The molecule has 0 fully saturated rings. The van der Waals surface area contributed by atoms with Crippen LogP contribution in [-0.2, 0) is 6.54 Å². The second-order valence-corrected chi connectivity index (χ2v) is 4.48. The number of aromatic nitrogens is 1. The van der Waals surface area contributed by atoms with Gasteiger partial charge in [-0.15, -0.1) is 0 Å². The smallest absolute Gasteiger partial charge is 0.102 e. The summed E-state index contributed by atoms with van der Waals surface area (Å²) >= 11 is 0. The number of hydrogen-bond donors (Lipinski definition) is 1. The van der Waals surface area contributed by atoms with Crippen LogP contribution in [0.15, 0.2) is 30.6 Å². The average molecular weight is 242 g/mol. The van der Waals surface area contributed by atoms with E-state index < -0.39 is 0 Å². The molecule has 2 aromatic heterocycles. The van der Waals surface area contributed by atoms with E-state index in [2.05, 4.69) is 23.3 Å². The number of nitriles is 1. The summed E-state index contributed by atoms with van der Waals surface area (Å²) in [6, 6.07) is 8.24. The van der Waals surface area contributed by atoms with E-state index in [1.807, 2.05) is 42.0 Å². The molecule has 94 valence electrons. The molecule has 18 heavy (non-hydrogen) atoms. The SMILES string of the molecule is CNCCN(C)Cc1cn2ccccc2c1C#N. The lowest BCUT2D eigenvalue weighted by Gasteiger charge is -2.15. The maximum atomic E-state index is 9.30. The number of nitrogens with one attached hydrogen (secondary N) is 1. The number of fused-ring (bicyclic) bond motifs is 1. The van der Waals surface area contributed by atoms with Crippen molar-refractivity contribution in [3.63, 3.8) is 0 Å². The predicted octanol–water partition coefficient (Wildman–Crippen LogP) is 1.46. The number of pyridine rings is 1. The largest absolute Gasteiger partial charge is 0.322 e. The van der Waals surface area contributed by atoms with Crippen LogP contribution in [-0.4, -0.2) is 36.5 Å². The minimum Gasteiger partial charge on any atom is -0.322 e. The van der Waals surface area contributed by atoms with Gasteiger partial charge in [0.25, 0.3) is 0 Å². The van der Waals surface area contributed by atoms with Crippen molar-refractivity contribution < 1.29 is 0 Å². The highest BCUT2D eigenvalue weighted by molar-refractivity contribution is 5.65. The van der Waals surface area contributed by atoms with Crippen molar-refractivity contribution in [3.05, 3.63) is 41.7 Å². The molecule has 0 radical (unpaired) electrons. The Labute approximate surface area is 107 Å². The zero-order valence-electron chi connectivity index (χ0n) is 10.8. The molecule has 0 saturated carbocycles. The van der Waals surface area contributed by atoms with E-state index in [4.69, 9.17) is 0 Å². The highest BCUT2D eigenvalue weighted by Gasteiger charge is 2.11. The van der Waals surface area contributed by atoms with Crippen molar-refractivity contribution in [1.29, 1.82) is 5.26 Å². The maximum Gasteiger partial charge on any atom is 0.102 e. The Morgan fingerprint density at radius 2 is 2.28 bits per heavy atom. The van der Waals surface area contributed by atoms with E-state index in [9.17, 15) is 5.26 Å². The number of nitrogens with zero attached hydrogens (tertiary/aromatic N) is 3. The van der Waals surface area contributed by atoms with E-state index in [1.165, 1.54) is 0 Å². The summed E-state index contributed by atoms with van der Waals surface area (Å²) in [5, 5.41) is 12.4. The molecule has 0 aliphatic rings. The van der Waals surface area contributed by atoms with E-state index in [-0.39, 0.29) is 0 Å². The Balaban J connectivity index is 2.25. The fraction of sp³-hybridized carbons (Fsp3) is 0.357. The topological polar surface area (TPSA) is 43.5 Å². The third kappa shape index (κ3) is 2.53. The van der Waals surface area contributed by atoms with Crippen LogP contribution in [0.4, 0.5) is 0 Å². The molecule has 0 unspecified atom stereocenters. The summed E-state index contributed by atoms with van der Waals surface area (Å²) in [7, 11) is 4.02. The lowest BCUT2D eigenvalue weighted by molar-refractivity contribution is 0.328. The van der Waals surface area contributed by atoms with Crippen molar-refractivity contribution in [2.45, 2.75) is 6.54 Å². The molecule has 0 aromatic carbocycles. The molecule has 2 aromatic rings. The number of likely N-dealkylation sites (N-methyl/N-ethyl adjacent to an activating group) is 2. The zero-order valence-corrected chi connectivity index (χ0v) is 10.8. The Kier molecular flexibility index (Phi) is 3.98. The molecule has 0 atom stereocenters. The zero-order chi connectivity index (χ0) is 13.0. The van der Waals surface area contributed by atoms with Gasteiger partial charge >= 0.3 is 0 Å². The molecule has 2 heterocycles. The van der Waals surface area contributed by atoms with Gasteiger partial charge in [0.1, 0.15) is 6.07 Å². The van der Waals surface area contributed by atoms with Crippen LogP contribution in [0.25, 0.3) is 5.52 Å². The molecule has 0 saturated heterocycles. The molecule has 4 heteroatoms. The van der Waals surface area contributed by atoms with Gasteiger partial charge in [-0.25, -0.2) is 0 Å².